The lowest BCUT2D eigenvalue weighted by Gasteiger charge is -2.07. The van der Waals surface area contributed by atoms with E-state index in [2.05, 4.69) is 25.9 Å². The van der Waals surface area contributed by atoms with Crippen molar-refractivity contribution in [3.63, 3.8) is 0 Å². The minimum absolute atomic E-state index is 0.327. The van der Waals surface area contributed by atoms with Crippen LogP contribution in [0.2, 0.25) is 5.02 Å². The SMILES string of the molecule is Nc1cnc(COc2ccc(Cl)cc2Br)cn1. The third kappa shape index (κ3) is 3.31. The van der Waals surface area contributed by atoms with Crippen LogP contribution < -0.4 is 10.5 Å². The smallest absolute Gasteiger partial charge is 0.141 e. The second-order valence-electron chi connectivity index (χ2n) is 3.30. The van der Waals surface area contributed by atoms with Crippen molar-refractivity contribution in [3.8, 4) is 5.75 Å². The van der Waals surface area contributed by atoms with Crippen molar-refractivity contribution >= 4 is 33.3 Å². The van der Waals surface area contributed by atoms with Crippen LogP contribution in [0.25, 0.3) is 0 Å². The molecule has 0 amide bonds. The molecular formula is C11H9BrClN3O. The maximum atomic E-state index is 5.83. The normalized spacial score (nSPS) is 10.2. The molecule has 17 heavy (non-hydrogen) atoms. The topological polar surface area (TPSA) is 61.0 Å². The first-order valence-corrected chi connectivity index (χ1v) is 5.96. The molecule has 0 saturated heterocycles. The van der Waals surface area contributed by atoms with E-state index in [1.54, 1.807) is 24.4 Å². The minimum atomic E-state index is 0.327. The number of hydrogen-bond acceptors (Lipinski definition) is 4. The van der Waals surface area contributed by atoms with Crippen LogP contribution in [0.3, 0.4) is 0 Å². The van der Waals surface area contributed by atoms with Gasteiger partial charge in [-0.15, -0.1) is 0 Å². The summed E-state index contributed by atoms with van der Waals surface area (Å²) in [5.74, 6) is 1.09. The lowest BCUT2D eigenvalue weighted by molar-refractivity contribution is 0.299. The number of anilines is 1. The number of benzene rings is 1. The van der Waals surface area contributed by atoms with E-state index in [0.29, 0.717) is 28.9 Å². The van der Waals surface area contributed by atoms with Crippen LogP contribution in [0.4, 0.5) is 5.82 Å². The molecule has 0 bridgehead atoms. The molecule has 0 aliphatic heterocycles. The average Bonchev–Trinajstić information content (AvgIpc) is 2.30. The van der Waals surface area contributed by atoms with Gasteiger partial charge in [0.05, 0.1) is 22.6 Å². The van der Waals surface area contributed by atoms with E-state index in [0.717, 1.165) is 4.47 Å². The Morgan fingerprint density at radius 3 is 2.76 bits per heavy atom. The number of nitrogen functional groups attached to an aromatic ring is 1. The third-order valence-corrected chi connectivity index (χ3v) is 2.85. The van der Waals surface area contributed by atoms with Gasteiger partial charge in [0, 0.05) is 5.02 Å². The fourth-order valence-corrected chi connectivity index (χ4v) is 1.98. The van der Waals surface area contributed by atoms with Crippen molar-refractivity contribution in [1.29, 1.82) is 0 Å². The fourth-order valence-electron chi connectivity index (χ4n) is 1.18. The molecule has 0 spiro atoms. The van der Waals surface area contributed by atoms with E-state index in [4.69, 9.17) is 22.1 Å². The Hall–Kier alpha value is -1.33. The number of nitrogens with two attached hydrogens (primary N) is 1. The quantitative estimate of drug-likeness (QED) is 0.946. The van der Waals surface area contributed by atoms with Crippen molar-refractivity contribution < 1.29 is 4.74 Å². The fraction of sp³-hybridized carbons (Fsp3) is 0.0909. The summed E-state index contributed by atoms with van der Waals surface area (Å²) in [5, 5.41) is 0.650. The summed E-state index contributed by atoms with van der Waals surface area (Å²) < 4.78 is 6.37. The summed E-state index contributed by atoms with van der Waals surface area (Å²) in [7, 11) is 0. The molecule has 2 aromatic rings. The Balaban J connectivity index is 2.04. The summed E-state index contributed by atoms with van der Waals surface area (Å²) in [6.45, 7) is 0.327. The Morgan fingerprint density at radius 2 is 2.12 bits per heavy atom. The molecule has 1 aromatic heterocycles. The van der Waals surface area contributed by atoms with Crippen LogP contribution in [0.1, 0.15) is 5.69 Å². The molecule has 0 fully saturated rings. The summed E-state index contributed by atoms with van der Waals surface area (Å²) in [4.78, 5) is 8.02. The van der Waals surface area contributed by atoms with Crippen molar-refractivity contribution in [2.45, 2.75) is 6.61 Å². The van der Waals surface area contributed by atoms with Crippen molar-refractivity contribution in [2.24, 2.45) is 0 Å². The molecule has 6 heteroatoms. The molecule has 0 saturated carbocycles. The number of aromatic nitrogens is 2. The highest BCUT2D eigenvalue weighted by atomic mass is 79.9. The van der Waals surface area contributed by atoms with Gasteiger partial charge in [0.1, 0.15) is 18.2 Å². The maximum Gasteiger partial charge on any atom is 0.141 e. The molecule has 0 aliphatic carbocycles. The standard InChI is InChI=1S/C11H9BrClN3O/c12-9-3-7(13)1-2-10(9)17-6-8-4-16-11(14)5-15-8/h1-5H,6H2,(H2,14,16). The van der Waals surface area contributed by atoms with Gasteiger partial charge in [-0.05, 0) is 34.1 Å². The first-order chi connectivity index (χ1) is 8.15. The van der Waals surface area contributed by atoms with E-state index < -0.39 is 0 Å². The lowest BCUT2D eigenvalue weighted by Crippen LogP contribution is -2.01. The van der Waals surface area contributed by atoms with E-state index in [9.17, 15) is 0 Å². The van der Waals surface area contributed by atoms with Gasteiger partial charge < -0.3 is 10.5 Å². The van der Waals surface area contributed by atoms with Crippen LogP contribution in [0, 0.1) is 0 Å². The second-order valence-corrected chi connectivity index (χ2v) is 4.59. The van der Waals surface area contributed by atoms with Gasteiger partial charge in [0.15, 0.2) is 0 Å². The third-order valence-electron chi connectivity index (χ3n) is 1.99. The van der Waals surface area contributed by atoms with Crippen molar-refractivity contribution in [3.05, 3.63) is 45.8 Å². The molecule has 0 aliphatic rings. The molecule has 88 valence electrons. The molecule has 2 rings (SSSR count). The first kappa shape index (κ1) is 12.1. The molecule has 0 unspecified atom stereocenters. The number of halogens is 2. The van der Waals surface area contributed by atoms with Crippen molar-refractivity contribution in [1.82, 2.24) is 9.97 Å². The van der Waals surface area contributed by atoms with Gasteiger partial charge in [0.25, 0.3) is 0 Å². The monoisotopic (exact) mass is 313 g/mol. The van der Waals surface area contributed by atoms with E-state index >= 15 is 0 Å². The molecule has 4 nitrogen and oxygen atoms in total. The maximum absolute atomic E-state index is 5.83. The van der Waals surface area contributed by atoms with Gasteiger partial charge in [-0.1, -0.05) is 11.6 Å². The highest BCUT2D eigenvalue weighted by Crippen LogP contribution is 2.28. The highest BCUT2D eigenvalue weighted by molar-refractivity contribution is 9.10. The van der Waals surface area contributed by atoms with Crippen LogP contribution >= 0.6 is 27.5 Å². The lowest BCUT2D eigenvalue weighted by atomic mass is 10.3. The Bertz CT molecular complexity index is 519. The minimum Gasteiger partial charge on any atom is -0.486 e. The van der Waals surface area contributed by atoms with Crippen LogP contribution in [-0.4, -0.2) is 9.97 Å². The Morgan fingerprint density at radius 1 is 1.29 bits per heavy atom. The van der Waals surface area contributed by atoms with E-state index in [1.165, 1.54) is 6.20 Å². The molecule has 2 N–H and O–H groups in total. The van der Waals surface area contributed by atoms with Crippen LogP contribution in [0.5, 0.6) is 5.75 Å². The van der Waals surface area contributed by atoms with Gasteiger partial charge in [-0.2, -0.15) is 0 Å². The summed E-state index contributed by atoms with van der Waals surface area (Å²) in [6, 6.07) is 5.32. The first-order valence-electron chi connectivity index (χ1n) is 4.79. The van der Waals surface area contributed by atoms with Gasteiger partial charge in [-0.25, -0.2) is 4.98 Å². The predicted octanol–water partition coefficient (Wildman–Crippen LogP) is 3.05. The van der Waals surface area contributed by atoms with E-state index in [-0.39, 0.29) is 0 Å². The molecule has 0 atom stereocenters. The Kier molecular flexibility index (Phi) is 3.81. The van der Waals surface area contributed by atoms with E-state index in [1.807, 2.05) is 0 Å². The average molecular weight is 315 g/mol. The van der Waals surface area contributed by atoms with Crippen molar-refractivity contribution in [2.75, 3.05) is 5.73 Å². The van der Waals surface area contributed by atoms with Gasteiger partial charge in [-0.3, -0.25) is 4.98 Å². The number of hydrogen-bond donors (Lipinski definition) is 1. The number of nitrogens with zero attached hydrogens (tertiary/aromatic N) is 2. The molecular weight excluding hydrogens is 305 g/mol. The summed E-state index contributed by atoms with van der Waals surface area (Å²) in [6.07, 6.45) is 3.08. The van der Waals surface area contributed by atoms with Crippen LogP contribution in [-0.2, 0) is 6.61 Å². The Labute approximate surface area is 112 Å². The molecule has 1 heterocycles. The zero-order valence-corrected chi connectivity index (χ0v) is 11.1. The predicted molar refractivity (Wildman–Crippen MR) is 69.9 cm³/mol. The number of ether oxygens (including phenoxy) is 1. The second kappa shape index (κ2) is 5.33. The summed E-state index contributed by atoms with van der Waals surface area (Å²) in [5.41, 5.74) is 6.15. The number of rotatable bonds is 3. The highest BCUT2D eigenvalue weighted by Gasteiger charge is 2.03. The summed E-state index contributed by atoms with van der Waals surface area (Å²) >= 11 is 9.20. The largest absolute Gasteiger partial charge is 0.486 e. The van der Waals surface area contributed by atoms with Crippen LogP contribution in [0.15, 0.2) is 35.1 Å². The molecule has 1 aromatic carbocycles. The zero-order chi connectivity index (χ0) is 12.3. The van der Waals surface area contributed by atoms with Gasteiger partial charge in [0.2, 0.25) is 0 Å². The zero-order valence-electron chi connectivity index (χ0n) is 8.73. The molecule has 0 radical (unpaired) electrons. The van der Waals surface area contributed by atoms with Gasteiger partial charge >= 0.3 is 0 Å².